The number of ether oxygens (including phenoxy) is 1. The summed E-state index contributed by atoms with van der Waals surface area (Å²) >= 11 is 0. The van der Waals surface area contributed by atoms with Crippen LogP contribution in [-0.4, -0.2) is 12.1 Å². The van der Waals surface area contributed by atoms with Crippen molar-refractivity contribution in [2.75, 3.05) is 6.54 Å². The highest BCUT2D eigenvalue weighted by Gasteiger charge is 2.42. The summed E-state index contributed by atoms with van der Waals surface area (Å²) in [7, 11) is 0. The number of rotatable bonds is 5. The average molecular weight is 432 g/mol. The van der Waals surface area contributed by atoms with Crippen LogP contribution >= 0.6 is 0 Å². The van der Waals surface area contributed by atoms with Gasteiger partial charge < -0.3 is 10.1 Å². The Balaban J connectivity index is 1.63. The fourth-order valence-corrected chi connectivity index (χ4v) is 6.21. The van der Waals surface area contributed by atoms with Crippen LogP contribution in [-0.2, 0) is 4.74 Å². The molecule has 1 saturated carbocycles. The van der Waals surface area contributed by atoms with Crippen molar-refractivity contribution < 1.29 is 4.74 Å². The van der Waals surface area contributed by atoms with Crippen LogP contribution in [0.2, 0.25) is 0 Å². The molecule has 6 atom stereocenters. The molecule has 4 unspecified atom stereocenters. The Hall–Kier alpha value is -2.22. The lowest BCUT2D eigenvalue weighted by Crippen LogP contribution is -2.32. The van der Waals surface area contributed by atoms with Crippen molar-refractivity contribution in [3.8, 4) is 0 Å². The van der Waals surface area contributed by atoms with Crippen LogP contribution in [0.3, 0.4) is 0 Å². The largest absolute Gasteiger partial charge is 0.489 e. The van der Waals surface area contributed by atoms with Crippen molar-refractivity contribution in [1.82, 2.24) is 5.32 Å². The van der Waals surface area contributed by atoms with Crippen LogP contribution in [0.25, 0.3) is 0 Å². The summed E-state index contributed by atoms with van der Waals surface area (Å²) in [6.45, 7) is 12.1. The minimum atomic E-state index is -0.155. The molecule has 0 aromatic heterocycles. The van der Waals surface area contributed by atoms with Crippen LogP contribution in [0.5, 0.6) is 0 Å². The Labute approximate surface area is 195 Å². The number of likely N-dealkylation sites (N-methyl/N-ethyl adjacent to an activating group) is 1. The van der Waals surface area contributed by atoms with Gasteiger partial charge in [0.15, 0.2) is 0 Å². The van der Waals surface area contributed by atoms with E-state index in [-0.39, 0.29) is 5.60 Å². The van der Waals surface area contributed by atoms with Crippen LogP contribution in [0.1, 0.15) is 65.4 Å². The van der Waals surface area contributed by atoms with Gasteiger partial charge in [0, 0.05) is 12.2 Å². The number of nitrogens with one attached hydrogen (secondary N) is 1. The monoisotopic (exact) mass is 431 g/mol. The van der Waals surface area contributed by atoms with Gasteiger partial charge in [-0.1, -0.05) is 55.5 Å². The summed E-state index contributed by atoms with van der Waals surface area (Å²) < 4.78 is 6.24. The zero-order valence-electron chi connectivity index (χ0n) is 20.6. The maximum atomic E-state index is 6.24. The van der Waals surface area contributed by atoms with Crippen LogP contribution < -0.4 is 5.32 Å². The molecule has 2 heteroatoms. The first-order valence-electron chi connectivity index (χ1n) is 12.6. The van der Waals surface area contributed by atoms with Gasteiger partial charge in [-0.05, 0) is 106 Å². The SMILES string of the molecule is CCNC1=CCC([C@@H]2C(C)C3C=CC(OC(C)(C)C)=CC3CC[C@@H]2c2ccccc2)C=C1. The van der Waals surface area contributed by atoms with E-state index in [4.69, 9.17) is 4.74 Å². The minimum Gasteiger partial charge on any atom is -0.489 e. The second kappa shape index (κ2) is 9.73. The maximum absolute atomic E-state index is 6.24. The summed E-state index contributed by atoms with van der Waals surface area (Å²) in [5.41, 5.74) is 2.64. The minimum absolute atomic E-state index is 0.155. The Morgan fingerprint density at radius 3 is 2.44 bits per heavy atom. The molecule has 1 N–H and O–H groups in total. The molecule has 32 heavy (non-hydrogen) atoms. The van der Waals surface area contributed by atoms with Gasteiger partial charge in [0.25, 0.3) is 0 Å². The van der Waals surface area contributed by atoms with E-state index >= 15 is 0 Å². The molecular weight excluding hydrogens is 390 g/mol. The molecule has 172 valence electrons. The van der Waals surface area contributed by atoms with Crippen molar-refractivity contribution in [2.45, 2.75) is 65.4 Å². The van der Waals surface area contributed by atoms with Gasteiger partial charge in [-0.3, -0.25) is 0 Å². The van der Waals surface area contributed by atoms with Crippen LogP contribution in [0, 0.1) is 29.6 Å². The van der Waals surface area contributed by atoms with Crippen LogP contribution in [0.4, 0.5) is 0 Å². The van der Waals surface area contributed by atoms with Crippen molar-refractivity contribution in [3.63, 3.8) is 0 Å². The predicted molar refractivity (Wildman–Crippen MR) is 135 cm³/mol. The van der Waals surface area contributed by atoms with E-state index in [0.717, 1.165) is 18.7 Å². The van der Waals surface area contributed by atoms with E-state index in [1.54, 1.807) is 0 Å². The summed E-state index contributed by atoms with van der Waals surface area (Å²) in [4.78, 5) is 0. The molecule has 4 rings (SSSR count). The first kappa shape index (κ1) is 23.0. The van der Waals surface area contributed by atoms with Gasteiger partial charge in [-0.15, -0.1) is 0 Å². The first-order chi connectivity index (χ1) is 15.4. The molecule has 0 bridgehead atoms. The fourth-order valence-electron chi connectivity index (χ4n) is 6.21. The number of hydrogen-bond donors (Lipinski definition) is 1. The summed E-state index contributed by atoms with van der Waals surface area (Å²) in [6.07, 6.45) is 17.9. The van der Waals surface area contributed by atoms with E-state index in [9.17, 15) is 0 Å². The second-order valence-electron chi connectivity index (χ2n) is 10.9. The smallest absolute Gasteiger partial charge is 0.116 e. The lowest BCUT2D eigenvalue weighted by molar-refractivity contribution is 0.0562. The zero-order valence-corrected chi connectivity index (χ0v) is 20.6. The number of hydrogen-bond acceptors (Lipinski definition) is 2. The topological polar surface area (TPSA) is 21.3 Å². The molecule has 1 fully saturated rings. The highest BCUT2D eigenvalue weighted by Crippen LogP contribution is 2.51. The van der Waals surface area contributed by atoms with Gasteiger partial charge in [-0.25, -0.2) is 0 Å². The molecule has 2 nitrogen and oxygen atoms in total. The number of fused-ring (bicyclic) bond motifs is 1. The molecular formula is C30H41NO. The van der Waals surface area contributed by atoms with Crippen molar-refractivity contribution in [3.05, 3.63) is 83.8 Å². The lowest BCUT2D eigenvalue weighted by atomic mass is 9.65. The van der Waals surface area contributed by atoms with Crippen molar-refractivity contribution >= 4 is 0 Å². The Bertz CT molecular complexity index is 885. The van der Waals surface area contributed by atoms with E-state index in [2.05, 4.69) is 107 Å². The Morgan fingerprint density at radius 2 is 1.78 bits per heavy atom. The summed E-state index contributed by atoms with van der Waals surface area (Å²) in [5.74, 6) is 4.61. The Kier molecular flexibility index (Phi) is 6.98. The standard InChI is InChI=1S/C30H41NO/c1-6-31-25-15-12-23(13-16-25)29-21(2)27-19-17-26(32-30(3,4)5)20-24(27)14-18-28(29)22-10-8-7-9-11-22/h7-12,15-17,19-21,23-24,27-29,31H,6,13-14,18H2,1-5H3/t21?,23?,24?,27?,28-,29+/m1/s1. The van der Waals surface area contributed by atoms with E-state index in [0.29, 0.717) is 35.5 Å². The van der Waals surface area contributed by atoms with Gasteiger partial charge in [0.1, 0.15) is 11.4 Å². The summed E-state index contributed by atoms with van der Waals surface area (Å²) in [5, 5.41) is 3.48. The van der Waals surface area contributed by atoms with E-state index in [1.807, 2.05) is 0 Å². The molecule has 0 spiro atoms. The highest BCUT2D eigenvalue weighted by molar-refractivity contribution is 5.29. The van der Waals surface area contributed by atoms with Gasteiger partial charge >= 0.3 is 0 Å². The molecule has 3 aliphatic carbocycles. The van der Waals surface area contributed by atoms with Gasteiger partial charge in [0.05, 0.1) is 0 Å². The predicted octanol–water partition coefficient (Wildman–Crippen LogP) is 7.39. The lowest BCUT2D eigenvalue weighted by Gasteiger charge is -2.39. The van der Waals surface area contributed by atoms with Crippen LogP contribution in [0.15, 0.2) is 78.2 Å². The maximum Gasteiger partial charge on any atom is 0.116 e. The first-order valence-corrected chi connectivity index (χ1v) is 12.6. The third kappa shape index (κ3) is 5.22. The molecule has 3 aliphatic rings. The summed E-state index contributed by atoms with van der Waals surface area (Å²) in [6, 6.07) is 11.3. The second-order valence-corrected chi connectivity index (χ2v) is 10.9. The van der Waals surface area contributed by atoms with E-state index in [1.165, 1.54) is 24.1 Å². The van der Waals surface area contributed by atoms with Crippen molar-refractivity contribution in [2.24, 2.45) is 29.6 Å². The highest BCUT2D eigenvalue weighted by atomic mass is 16.5. The Morgan fingerprint density at radius 1 is 1.00 bits per heavy atom. The molecule has 0 radical (unpaired) electrons. The zero-order chi connectivity index (χ0) is 22.7. The number of benzene rings is 1. The third-order valence-electron chi connectivity index (χ3n) is 7.51. The average Bonchev–Trinajstić information content (AvgIpc) is 2.90. The quantitative estimate of drug-likeness (QED) is 0.525. The molecule has 0 saturated heterocycles. The molecule has 0 heterocycles. The molecule has 0 aliphatic heterocycles. The molecule has 1 aromatic carbocycles. The van der Waals surface area contributed by atoms with Gasteiger partial charge in [-0.2, -0.15) is 0 Å². The normalized spacial score (nSPS) is 32.4. The van der Waals surface area contributed by atoms with Gasteiger partial charge in [0.2, 0.25) is 0 Å². The van der Waals surface area contributed by atoms with E-state index < -0.39 is 0 Å². The number of allylic oxidation sites excluding steroid dienone is 6. The third-order valence-corrected chi connectivity index (χ3v) is 7.51. The van der Waals surface area contributed by atoms with Crippen molar-refractivity contribution in [1.29, 1.82) is 0 Å². The molecule has 1 aromatic rings. The fraction of sp³-hybridized carbons (Fsp3) is 0.533. The molecule has 0 amide bonds.